The molecule has 8 heteroatoms. The molecule has 1 aromatic heterocycles. The molecule has 0 bridgehead atoms. The number of fused-ring (bicyclic) bond motifs is 1. The first-order valence-corrected chi connectivity index (χ1v) is 11.5. The number of anilines is 2. The van der Waals surface area contributed by atoms with Crippen molar-refractivity contribution in [3.63, 3.8) is 0 Å². The van der Waals surface area contributed by atoms with Crippen molar-refractivity contribution in [1.82, 2.24) is 9.55 Å². The molecular formula is C22H19BrN4O2S. The molecule has 2 aliphatic heterocycles. The average molecular weight is 483 g/mol. The van der Waals surface area contributed by atoms with Crippen molar-refractivity contribution in [2.45, 2.75) is 18.1 Å². The van der Waals surface area contributed by atoms with E-state index in [9.17, 15) is 9.59 Å². The maximum Gasteiger partial charge on any atom is 0.229 e. The summed E-state index contributed by atoms with van der Waals surface area (Å²) >= 11 is 5.19. The Bertz CT molecular complexity index is 1120. The molecule has 2 aromatic carbocycles. The Balaban J connectivity index is 1.29. The van der Waals surface area contributed by atoms with Crippen molar-refractivity contribution in [2.24, 2.45) is 5.92 Å². The quantitative estimate of drug-likeness (QED) is 0.597. The smallest absolute Gasteiger partial charge is 0.229 e. The van der Waals surface area contributed by atoms with Gasteiger partial charge in [-0.25, -0.2) is 4.98 Å². The van der Waals surface area contributed by atoms with E-state index in [1.54, 1.807) is 16.7 Å². The molecule has 3 aromatic rings. The van der Waals surface area contributed by atoms with E-state index < -0.39 is 0 Å². The molecular weight excluding hydrogens is 464 g/mol. The minimum absolute atomic E-state index is 0.0352. The van der Waals surface area contributed by atoms with Crippen LogP contribution in [0.15, 0.2) is 64.4 Å². The first-order chi connectivity index (χ1) is 14.6. The summed E-state index contributed by atoms with van der Waals surface area (Å²) in [6.45, 7) is 1.36. The Kier molecular flexibility index (Phi) is 5.12. The summed E-state index contributed by atoms with van der Waals surface area (Å²) in [4.78, 5) is 31.7. The number of thioether (sulfide) groups is 1. The number of hydrogen-bond acceptors (Lipinski definition) is 4. The van der Waals surface area contributed by atoms with Gasteiger partial charge in [-0.2, -0.15) is 0 Å². The minimum Gasteiger partial charge on any atom is -0.326 e. The summed E-state index contributed by atoms with van der Waals surface area (Å²) in [5.74, 6) is 0.510. The van der Waals surface area contributed by atoms with Gasteiger partial charge in [0.15, 0.2) is 5.16 Å². The number of amides is 2. The van der Waals surface area contributed by atoms with E-state index in [0.29, 0.717) is 12.2 Å². The lowest BCUT2D eigenvalue weighted by atomic mass is 10.1. The van der Waals surface area contributed by atoms with Gasteiger partial charge in [-0.1, -0.05) is 45.9 Å². The number of rotatable bonds is 4. The number of aryl methyl sites for hydroxylation is 1. The molecule has 2 amide bonds. The van der Waals surface area contributed by atoms with Crippen LogP contribution < -0.4 is 10.2 Å². The number of carbonyl (C=O) groups is 2. The van der Waals surface area contributed by atoms with Gasteiger partial charge in [0.1, 0.15) is 0 Å². The van der Waals surface area contributed by atoms with Gasteiger partial charge in [-0.3, -0.25) is 9.59 Å². The fourth-order valence-electron chi connectivity index (χ4n) is 3.83. The fraction of sp³-hybridized carbons (Fsp3) is 0.227. The van der Waals surface area contributed by atoms with Gasteiger partial charge in [0.25, 0.3) is 0 Å². The molecule has 6 nitrogen and oxygen atoms in total. The molecule has 1 fully saturated rings. The average Bonchev–Trinajstić information content (AvgIpc) is 3.43. The zero-order valence-electron chi connectivity index (χ0n) is 16.0. The van der Waals surface area contributed by atoms with Crippen molar-refractivity contribution < 1.29 is 9.59 Å². The minimum atomic E-state index is -0.382. The summed E-state index contributed by atoms with van der Waals surface area (Å²) in [5, 5.41) is 4.02. The second-order valence-corrected chi connectivity index (χ2v) is 9.38. The lowest BCUT2D eigenvalue weighted by Crippen LogP contribution is -2.28. The third-order valence-electron chi connectivity index (χ3n) is 5.34. The monoisotopic (exact) mass is 482 g/mol. The van der Waals surface area contributed by atoms with Crippen molar-refractivity contribution in [2.75, 3.05) is 22.5 Å². The van der Waals surface area contributed by atoms with Crippen LogP contribution >= 0.6 is 27.7 Å². The van der Waals surface area contributed by atoms with Crippen LogP contribution in [0, 0.1) is 5.92 Å². The predicted octanol–water partition coefficient (Wildman–Crippen LogP) is 4.41. The summed E-state index contributed by atoms with van der Waals surface area (Å²) < 4.78 is 3.06. The van der Waals surface area contributed by atoms with Gasteiger partial charge in [0.2, 0.25) is 11.8 Å². The molecule has 1 N–H and O–H groups in total. The molecule has 0 spiro atoms. The van der Waals surface area contributed by atoms with E-state index in [4.69, 9.17) is 0 Å². The lowest BCUT2D eigenvalue weighted by Gasteiger charge is -2.17. The number of imidazole rings is 1. The number of halogens is 1. The molecule has 30 heavy (non-hydrogen) atoms. The number of benzene rings is 2. The van der Waals surface area contributed by atoms with Gasteiger partial charge in [0, 0.05) is 52.9 Å². The van der Waals surface area contributed by atoms with Crippen LogP contribution in [-0.2, 0) is 16.1 Å². The molecule has 1 saturated heterocycles. The van der Waals surface area contributed by atoms with Crippen LogP contribution in [0.3, 0.4) is 0 Å². The van der Waals surface area contributed by atoms with E-state index >= 15 is 0 Å². The third-order valence-corrected chi connectivity index (χ3v) is 6.81. The Hall–Kier alpha value is -2.58. The normalized spacial score (nSPS) is 18.0. The highest BCUT2D eigenvalue weighted by Crippen LogP contribution is 2.31. The Morgan fingerprint density at radius 1 is 1.20 bits per heavy atom. The molecule has 5 rings (SSSR count). The van der Waals surface area contributed by atoms with Crippen molar-refractivity contribution >= 4 is 50.9 Å². The lowest BCUT2D eigenvalue weighted by molar-refractivity contribution is -0.122. The molecule has 0 radical (unpaired) electrons. The van der Waals surface area contributed by atoms with Crippen molar-refractivity contribution in [1.29, 1.82) is 0 Å². The van der Waals surface area contributed by atoms with Gasteiger partial charge < -0.3 is 14.8 Å². The number of hydrogen-bond donors (Lipinski definition) is 1. The second-order valence-electron chi connectivity index (χ2n) is 7.41. The summed E-state index contributed by atoms with van der Waals surface area (Å²) in [7, 11) is 0. The van der Waals surface area contributed by atoms with Gasteiger partial charge in [0.05, 0.1) is 11.6 Å². The first kappa shape index (κ1) is 19.4. The van der Waals surface area contributed by atoms with E-state index in [2.05, 4.69) is 37.0 Å². The number of nitrogens with zero attached hydrogens (tertiary/aromatic N) is 3. The summed E-state index contributed by atoms with van der Waals surface area (Å²) in [5.41, 5.74) is 3.39. The standard InChI is InChI=1S/C22H19BrN4O2S/c23-16-4-2-6-18(11-16)27-12-15(10-20(27)28)21(29)24-17-5-1-3-14(9-17)19-13-26-7-8-30-22(26)25-19/h1-6,9,11,13,15H,7-8,10,12H2,(H,24,29). The molecule has 2 aliphatic rings. The fourth-order valence-corrected chi connectivity index (χ4v) is 5.16. The number of nitrogens with one attached hydrogen (secondary N) is 1. The van der Waals surface area contributed by atoms with Crippen molar-refractivity contribution in [3.05, 3.63) is 59.2 Å². The third kappa shape index (κ3) is 3.77. The van der Waals surface area contributed by atoms with Crippen molar-refractivity contribution in [3.8, 4) is 11.3 Å². The highest BCUT2D eigenvalue weighted by molar-refractivity contribution is 9.10. The van der Waals surface area contributed by atoms with E-state index in [-0.39, 0.29) is 24.2 Å². The molecule has 3 heterocycles. The highest BCUT2D eigenvalue weighted by Gasteiger charge is 2.35. The molecule has 0 aliphatic carbocycles. The molecule has 1 atom stereocenters. The summed E-state index contributed by atoms with van der Waals surface area (Å²) in [6.07, 6.45) is 2.27. The van der Waals surface area contributed by atoms with E-state index in [0.717, 1.165) is 38.9 Å². The van der Waals surface area contributed by atoms with Crippen LogP contribution in [0.25, 0.3) is 11.3 Å². The number of carbonyl (C=O) groups excluding carboxylic acids is 2. The zero-order chi connectivity index (χ0) is 20.7. The van der Waals surface area contributed by atoms with Crippen LogP contribution in [0.4, 0.5) is 11.4 Å². The van der Waals surface area contributed by atoms with Gasteiger partial charge in [-0.05, 0) is 30.3 Å². The second kappa shape index (κ2) is 7.92. The predicted molar refractivity (Wildman–Crippen MR) is 122 cm³/mol. The maximum atomic E-state index is 12.8. The van der Waals surface area contributed by atoms with Gasteiger partial charge >= 0.3 is 0 Å². The van der Waals surface area contributed by atoms with E-state index in [1.165, 1.54) is 0 Å². The molecule has 1 unspecified atom stereocenters. The number of aromatic nitrogens is 2. The zero-order valence-corrected chi connectivity index (χ0v) is 18.4. The molecule has 0 saturated carbocycles. The van der Waals surface area contributed by atoms with Crippen LogP contribution in [-0.4, -0.2) is 33.7 Å². The Labute approximate surface area is 186 Å². The highest BCUT2D eigenvalue weighted by atomic mass is 79.9. The SMILES string of the molecule is O=C(Nc1cccc(-c2cn3c(n2)SCC3)c1)C1CC(=O)N(c2cccc(Br)c2)C1. The maximum absolute atomic E-state index is 12.8. The van der Waals surface area contributed by atoms with E-state index in [1.807, 2.05) is 48.5 Å². The van der Waals surface area contributed by atoms with Crippen LogP contribution in [0.2, 0.25) is 0 Å². The Morgan fingerprint density at radius 3 is 2.90 bits per heavy atom. The summed E-state index contributed by atoms with van der Waals surface area (Å²) in [6, 6.07) is 15.3. The topological polar surface area (TPSA) is 67.2 Å². The van der Waals surface area contributed by atoms with Crippen LogP contribution in [0.1, 0.15) is 6.42 Å². The van der Waals surface area contributed by atoms with Crippen LogP contribution in [0.5, 0.6) is 0 Å². The Morgan fingerprint density at radius 2 is 2.07 bits per heavy atom. The first-order valence-electron chi connectivity index (χ1n) is 9.74. The van der Waals surface area contributed by atoms with Gasteiger partial charge in [-0.15, -0.1) is 0 Å². The largest absolute Gasteiger partial charge is 0.326 e. The molecule has 152 valence electrons.